The lowest BCUT2D eigenvalue weighted by molar-refractivity contribution is -0.0591. The molecule has 0 aromatic heterocycles. The summed E-state index contributed by atoms with van der Waals surface area (Å²) in [7, 11) is 0. The van der Waals surface area contributed by atoms with Gasteiger partial charge in [-0.3, -0.25) is 0 Å². The average Bonchev–Trinajstić information content (AvgIpc) is 2.84. The highest BCUT2D eigenvalue weighted by molar-refractivity contribution is 5.40. The van der Waals surface area contributed by atoms with Gasteiger partial charge in [-0.1, -0.05) is 60.7 Å². The number of hydrogen-bond acceptors (Lipinski definition) is 2. The van der Waals surface area contributed by atoms with Gasteiger partial charge in [0, 0.05) is 11.8 Å². The predicted molar refractivity (Wildman–Crippen MR) is 70.2 cm³/mol. The lowest BCUT2D eigenvalue weighted by Gasteiger charge is -2.28. The van der Waals surface area contributed by atoms with Crippen molar-refractivity contribution in [2.75, 3.05) is 6.61 Å². The number of hydrogen-bond donors (Lipinski definition) is 1. The van der Waals surface area contributed by atoms with Gasteiger partial charge in [0.2, 0.25) is 0 Å². The molecular weight excluding hydrogens is 224 g/mol. The first kappa shape index (κ1) is 11.5. The van der Waals surface area contributed by atoms with Gasteiger partial charge in [0.15, 0.2) is 6.29 Å². The molecule has 1 aliphatic heterocycles. The summed E-state index contributed by atoms with van der Waals surface area (Å²) >= 11 is 0. The monoisotopic (exact) mass is 240 g/mol. The molecule has 0 saturated carbocycles. The standard InChI is InChI=1S/C16H16O2/c17-15-11-16(12-18-15,13-7-3-1-4-8-13)14-9-5-2-6-10-14/h1-10,15,17H,11-12H2. The van der Waals surface area contributed by atoms with Crippen LogP contribution in [0, 0.1) is 0 Å². The molecule has 1 atom stereocenters. The molecule has 1 N–H and O–H groups in total. The van der Waals surface area contributed by atoms with Gasteiger partial charge in [0.25, 0.3) is 0 Å². The molecule has 1 saturated heterocycles. The van der Waals surface area contributed by atoms with Crippen molar-refractivity contribution in [2.24, 2.45) is 0 Å². The minimum atomic E-state index is -0.676. The van der Waals surface area contributed by atoms with Crippen molar-refractivity contribution in [3.05, 3.63) is 71.8 Å². The number of aliphatic hydroxyl groups excluding tert-OH is 1. The Morgan fingerprint density at radius 1 is 0.889 bits per heavy atom. The van der Waals surface area contributed by atoms with Crippen LogP contribution >= 0.6 is 0 Å². The van der Waals surface area contributed by atoms with Gasteiger partial charge in [0.05, 0.1) is 6.61 Å². The molecule has 2 nitrogen and oxygen atoms in total. The molecule has 0 spiro atoms. The van der Waals surface area contributed by atoms with E-state index in [0.29, 0.717) is 13.0 Å². The predicted octanol–water partition coefficient (Wildman–Crippen LogP) is 2.71. The Bertz CT molecular complexity index is 468. The van der Waals surface area contributed by atoms with Crippen LogP contribution in [-0.2, 0) is 10.2 Å². The second-order valence-corrected chi connectivity index (χ2v) is 4.78. The zero-order chi connectivity index (χ0) is 12.4. The Kier molecular flexibility index (Phi) is 2.90. The molecule has 0 radical (unpaired) electrons. The molecule has 0 aliphatic carbocycles. The van der Waals surface area contributed by atoms with Crippen LogP contribution in [0.15, 0.2) is 60.7 Å². The minimum absolute atomic E-state index is 0.220. The topological polar surface area (TPSA) is 29.5 Å². The Labute approximate surface area is 107 Å². The quantitative estimate of drug-likeness (QED) is 0.874. The van der Waals surface area contributed by atoms with Gasteiger partial charge in [0.1, 0.15) is 0 Å². The van der Waals surface area contributed by atoms with E-state index < -0.39 is 6.29 Å². The van der Waals surface area contributed by atoms with Crippen LogP contribution in [0.25, 0.3) is 0 Å². The Morgan fingerprint density at radius 2 is 1.39 bits per heavy atom. The Morgan fingerprint density at radius 3 is 1.78 bits per heavy atom. The van der Waals surface area contributed by atoms with Crippen molar-refractivity contribution < 1.29 is 9.84 Å². The van der Waals surface area contributed by atoms with Crippen molar-refractivity contribution in [1.82, 2.24) is 0 Å². The van der Waals surface area contributed by atoms with Crippen LogP contribution in [0.3, 0.4) is 0 Å². The van der Waals surface area contributed by atoms with E-state index in [4.69, 9.17) is 4.74 Å². The number of aliphatic hydroxyl groups is 1. The van der Waals surface area contributed by atoms with Crippen LogP contribution in [-0.4, -0.2) is 18.0 Å². The van der Waals surface area contributed by atoms with E-state index in [9.17, 15) is 5.11 Å². The first-order valence-corrected chi connectivity index (χ1v) is 6.22. The third-order valence-electron chi connectivity index (χ3n) is 3.70. The van der Waals surface area contributed by atoms with Crippen molar-refractivity contribution in [3.63, 3.8) is 0 Å². The summed E-state index contributed by atoms with van der Waals surface area (Å²) in [6.45, 7) is 0.530. The van der Waals surface area contributed by atoms with Gasteiger partial charge in [-0.2, -0.15) is 0 Å². The largest absolute Gasteiger partial charge is 0.368 e. The highest BCUT2D eigenvalue weighted by Crippen LogP contribution is 2.41. The Hall–Kier alpha value is -1.64. The molecule has 1 aliphatic rings. The SMILES string of the molecule is OC1CC(c2ccccc2)(c2ccccc2)CO1. The third-order valence-corrected chi connectivity index (χ3v) is 3.70. The molecule has 0 bridgehead atoms. The maximum atomic E-state index is 9.77. The molecule has 1 heterocycles. The normalized spacial score (nSPS) is 21.9. The van der Waals surface area contributed by atoms with Gasteiger partial charge < -0.3 is 9.84 Å². The van der Waals surface area contributed by atoms with Gasteiger partial charge >= 0.3 is 0 Å². The highest BCUT2D eigenvalue weighted by atomic mass is 16.6. The van der Waals surface area contributed by atoms with Crippen molar-refractivity contribution in [3.8, 4) is 0 Å². The minimum Gasteiger partial charge on any atom is -0.368 e. The molecule has 1 unspecified atom stereocenters. The van der Waals surface area contributed by atoms with Crippen molar-refractivity contribution >= 4 is 0 Å². The first-order valence-electron chi connectivity index (χ1n) is 6.22. The van der Waals surface area contributed by atoms with Crippen LogP contribution in [0.2, 0.25) is 0 Å². The number of rotatable bonds is 2. The van der Waals surface area contributed by atoms with Crippen molar-refractivity contribution in [2.45, 2.75) is 18.1 Å². The zero-order valence-electron chi connectivity index (χ0n) is 10.1. The molecule has 0 amide bonds. The second-order valence-electron chi connectivity index (χ2n) is 4.78. The molecule has 18 heavy (non-hydrogen) atoms. The molecule has 2 aromatic carbocycles. The smallest absolute Gasteiger partial charge is 0.155 e. The molecular formula is C16H16O2. The summed E-state index contributed by atoms with van der Waals surface area (Å²) in [5.41, 5.74) is 2.18. The van der Waals surface area contributed by atoms with E-state index in [1.807, 2.05) is 36.4 Å². The van der Waals surface area contributed by atoms with E-state index in [2.05, 4.69) is 24.3 Å². The zero-order valence-corrected chi connectivity index (χ0v) is 10.1. The van der Waals surface area contributed by atoms with E-state index in [-0.39, 0.29) is 5.41 Å². The van der Waals surface area contributed by atoms with E-state index >= 15 is 0 Å². The first-order chi connectivity index (χ1) is 8.81. The van der Waals surface area contributed by atoms with Gasteiger partial charge in [-0.05, 0) is 11.1 Å². The summed E-state index contributed by atoms with van der Waals surface area (Å²) in [5.74, 6) is 0. The van der Waals surface area contributed by atoms with Crippen LogP contribution in [0.4, 0.5) is 0 Å². The summed E-state index contributed by atoms with van der Waals surface area (Å²) in [6.07, 6.45) is -0.0634. The lowest BCUT2D eigenvalue weighted by atomic mass is 9.74. The van der Waals surface area contributed by atoms with Crippen LogP contribution in [0.1, 0.15) is 17.5 Å². The lowest BCUT2D eigenvalue weighted by Crippen LogP contribution is -2.28. The fraction of sp³-hybridized carbons (Fsp3) is 0.250. The molecule has 1 fully saturated rings. The highest BCUT2D eigenvalue weighted by Gasteiger charge is 2.42. The molecule has 2 heteroatoms. The number of benzene rings is 2. The van der Waals surface area contributed by atoms with Gasteiger partial charge in [-0.15, -0.1) is 0 Å². The molecule has 2 aromatic rings. The average molecular weight is 240 g/mol. The summed E-state index contributed by atoms with van der Waals surface area (Å²) < 4.78 is 5.43. The fourth-order valence-corrected chi connectivity index (χ4v) is 2.74. The maximum Gasteiger partial charge on any atom is 0.155 e. The summed E-state index contributed by atoms with van der Waals surface area (Å²) in [6, 6.07) is 20.6. The second kappa shape index (κ2) is 4.56. The van der Waals surface area contributed by atoms with Crippen molar-refractivity contribution in [1.29, 1.82) is 0 Å². The van der Waals surface area contributed by atoms with Crippen LogP contribution < -0.4 is 0 Å². The van der Waals surface area contributed by atoms with E-state index in [1.54, 1.807) is 0 Å². The van der Waals surface area contributed by atoms with Gasteiger partial charge in [-0.25, -0.2) is 0 Å². The molecule has 3 rings (SSSR count). The Balaban J connectivity index is 2.11. The van der Waals surface area contributed by atoms with E-state index in [1.165, 1.54) is 11.1 Å². The van der Waals surface area contributed by atoms with E-state index in [0.717, 1.165) is 0 Å². The fourth-order valence-electron chi connectivity index (χ4n) is 2.74. The third kappa shape index (κ3) is 1.84. The maximum absolute atomic E-state index is 9.77. The summed E-state index contributed by atoms with van der Waals surface area (Å²) in [5, 5.41) is 9.77. The van der Waals surface area contributed by atoms with Crippen LogP contribution in [0.5, 0.6) is 0 Å². The number of ether oxygens (including phenoxy) is 1. The summed E-state index contributed by atoms with van der Waals surface area (Å²) in [4.78, 5) is 0. The molecule has 92 valence electrons.